The first kappa shape index (κ1) is 20.9. The van der Waals surface area contributed by atoms with Gasteiger partial charge in [0.2, 0.25) is 5.91 Å². The van der Waals surface area contributed by atoms with Gasteiger partial charge < -0.3 is 15.8 Å². The molecule has 2 fully saturated rings. The first-order chi connectivity index (χ1) is 9.22. The third-order valence-electron chi connectivity index (χ3n) is 4.49. The van der Waals surface area contributed by atoms with Crippen LogP contribution in [-0.2, 0) is 9.53 Å². The number of nitrogens with zero attached hydrogens (tertiary/aromatic N) is 1. The van der Waals surface area contributed by atoms with Crippen molar-refractivity contribution in [2.24, 2.45) is 11.7 Å². The van der Waals surface area contributed by atoms with Crippen molar-refractivity contribution in [2.45, 2.75) is 44.7 Å². The van der Waals surface area contributed by atoms with E-state index in [4.69, 9.17) is 10.5 Å². The monoisotopic (exact) mass is 341 g/mol. The van der Waals surface area contributed by atoms with Crippen LogP contribution in [0.3, 0.4) is 0 Å². The lowest BCUT2D eigenvalue weighted by Crippen LogP contribution is -2.50. The standard InChI is InChI=1S/C14H27N3O2.2ClH/c1-2-17-7-3-4-12(17)10-16-14(18)13(15)11-5-8-19-9-6-11;;/h11-13H,2-10,15H2,1H3,(H,16,18);2*1H. The van der Waals surface area contributed by atoms with Crippen LogP contribution >= 0.6 is 24.8 Å². The number of rotatable bonds is 5. The summed E-state index contributed by atoms with van der Waals surface area (Å²) in [5, 5.41) is 3.04. The molecular weight excluding hydrogens is 313 g/mol. The maximum atomic E-state index is 12.1. The Morgan fingerprint density at radius 1 is 1.33 bits per heavy atom. The molecule has 1 amide bonds. The van der Waals surface area contributed by atoms with Crippen molar-refractivity contribution >= 4 is 30.7 Å². The Kier molecular flexibility index (Phi) is 10.6. The largest absolute Gasteiger partial charge is 0.381 e. The molecule has 5 nitrogen and oxygen atoms in total. The Morgan fingerprint density at radius 2 is 2.00 bits per heavy atom. The van der Waals surface area contributed by atoms with E-state index in [9.17, 15) is 4.79 Å². The predicted molar refractivity (Wildman–Crippen MR) is 89.3 cm³/mol. The van der Waals surface area contributed by atoms with Gasteiger partial charge >= 0.3 is 0 Å². The molecule has 0 bridgehead atoms. The Bertz CT molecular complexity index is 302. The van der Waals surface area contributed by atoms with Crippen molar-refractivity contribution in [3.8, 4) is 0 Å². The normalized spacial score (nSPS) is 24.8. The molecule has 0 saturated carbocycles. The average molecular weight is 342 g/mol. The smallest absolute Gasteiger partial charge is 0.237 e. The summed E-state index contributed by atoms with van der Waals surface area (Å²) in [7, 11) is 0. The van der Waals surface area contributed by atoms with Gasteiger partial charge in [-0.15, -0.1) is 24.8 Å². The molecule has 2 saturated heterocycles. The van der Waals surface area contributed by atoms with Crippen molar-refractivity contribution in [1.29, 1.82) is 0 Å². The van der Waals surface area contributed by atoms with Gasteiger partial charge in [0.15, 0.2) is 0 Å². The van der Waals surface area contributed by atoms with E-state index in [0.717, 1.165) is 45.7 Å². The summed E-state index contributed by atoms with van der Waals surface area (Å²) >= 11 is 0. The first-order valence-corrected chi connectivity index (χ1v) is 7.57. The lowest BCUT2D eigenvalue weighted by Gasteiger charge is -2.28. The minimum Gasteiger partial charge on any atom is -0.381 e. The third-order valence-corrected chi connectivity index (χ3v) is 4.49. The van der Waals surface area contributed by atoms with Gasteiger partial charge in [-0.3, -0.25) is 9.69 Å². The van der Waals surface area contributed by atoms with E-state index < -0.39 is 0 Å². The predicted octanol–water partition coefficient (Wildman–Crippen LogP) is 1.18. The Morgan fingerprint density at radius 3 is 2.62 bits per heavy atom. The Hall–Kier alpha value is -0.0700. The molecule has 2 heterocycles. The highest BCUT2D eigenvalue weighted by Crippen LogP contribution is 2.18. The van der Waals surface area contributed by atoms with E-state index in [-0.39, 0.29) is 42.7 Å². The molecule has 3 N–H and O–H groups in total. The van der Waals surface area contributed by atoms with E-state index in [1.54, 1.807) is 0 Å². The lowest BCUT2D eigenvalue weighted by molar-refractivity contribution is -0.124. The Labute approximate surface area is 140 Å². The number of likely N-dealkylation sites (N-methyl/N-ethyl adjacent to an activating group) is 1. The minimum atomic E-state index is -0.375. The number of likely N-dealkylation sites (tertiary alicyclic amines) is 1. The fraction of sp³-hybridized carbons (Fsp3) is 0.929. The van der Waals surface area contributed by atoms with Crippen molar-refractivity contribution in [3.05, 3.63) is 0 Å². The molecule has 0 aromatic rings. The molecule has 2 aliphatic heterocycles. The molecular formula is C14H29Cl2N3O2. The van der Waals surface area contributed by atoms with Gasteiger partial charge in [-0.25, -0.2) is 0 Å². The second-order valence-electron chi connectivity index (χ2n) is 5.65. The van der Waals surface area contributed by atoms with Crippen LogP contribution in [0.5, 0.6) is 0 Å². The highest BCUT2D eigenvalue weighted by atomic mass is 35.5. The van der Waals surface area contributed by atoms with Gasteiger partial charge in [0.1, 0.15) is 0 Å². The summed E-state index contributed by atoms with van der Waals surface area (Å²) in [6.07, 6.45) is 4.22. The molecule has 2 aliphatic rings. The number of amides is 1. The van der Waals surface area contributed by atoms with Gasteiger partial charge in [-0.1, -0.05) is 6.92 Å². The van der Waals surface area contributed by atoms with E-state index in [0.29, 0.717) is 6.04 Å². The number of nitrogens with two attached hydrogens (primary N) is 1. The molecule has 2 rings (SSSR count). The summed E-state index contributed by atoms with van der Waals surface area (Å²) in [5.41, 5.74) is 6.06. The minimum absolute atomic E-state index is 0. The second-order valence-corrected chi connectivity index (χ2v) is 5.65. The lowest BCUT2D eigenvalue weighted by atomic mass is 9.92. The fourth-order valence-electron chi connectivity index (χ4n) is 3.17. The molecule has 0 aliphatic carbocycles. The summed E-state index contributed by atoms with van der Waals surface area (Å²) in [4.78, 5) is 14.5. The van der Waals surface area contributed by atoms with Gasteiger partial charge in [-0.2, -0.15) is 0 Å². The van der Waals surface area contributed by atoms with Crippen molar-refractivity contribution < 1.29 is 9.53 Å². The molecule has 21 heavy (non-hydrogen) atoms. The van der Waals surface area contributed by atoms with Crippen LogP contribution in [0.2, 0.25) is 0 Å². The molecule has 2 unspecified atom stereocenters. The van der Waals surface area contributed by atoms with Crippen molar-refractivity contribution in [2.75, 3.05) is 32.8 Å². The molecule has 0 radical (unpaired) electrons. The highest BCUT2D eigenvalue weighted by molar-refractivity contribution is 5.85. The number of hydrogen-bond acceptors (Lipinski definition) is 4. The van der Waals surface area contributed by atoms with Gasteiger partial charge in [0.25, 0.3) is 0 Å². The maximum absolute atomic E-state index is 12.1. The molecule has 0 aromatic carbocycles. The highest BCUT2D eigenvalue weighted by Gasteiger charge is 2.28. The van der Waals surface area contributed by atoms with Crippen LogP contribution in [0.25, 0.3) is 0 Å². The van der Waals surface area contributed by atoms with Crippen LogP contribution < -0.4 is 11.1 Å². The SMILES string of the molecule is CCN1CCCC1CNC(=O)C(N)C1CCOCC1.Cl.Cl. The number of nitrogens with one attached hydrogen (secondary N) is 1. The number of carbonyl (C=O) groups excluding carboxylic acids is 1. The van der Waals surface area contributed by atoms with Crippen molar-refractivity contribution in [1.82, 2.24) is 10.2 Å². The van der Waals surface area contributed by atoms with Crippen LogP contribution in [0, 0.1) is 5.92 Å². The third kappa shape index (κ3) is 5.91. The van der Waals surface area contributed by atoms with E-state index >= 15 is 0 Å². The Balaban J connectivity index is 0.00000200. The zero-order valence-electron chi connectivity index (χ0n) is 12.8. The zero-order chi connectivity index (χ0) is 13.7. The molecule has 7 heteroatoms. The molecule has 0 spiro atoms. The quantitative estimate of drug-likeness (QED) is 0.788. The average Bonchev–Trinajstić information content (AvgIpc) is 2.92. The van der Waals surface area contributed by atoms with Crippen LogP contribution in [0.1, 0.15) is 32.6 Å². The number of carbonyl (C=O) groups is 1. The number of hydrogen-bond donors (Lipinski definition) is 2. The topological polar surface area (TPSA) is 67.6 Å². The van der Waals surface area contributed by atoms with Crippen LogP contribution in [0.4, 0.5) is 0 Å². The zero-order valence-corrected chi connectivity index (χ0v) is 14.4. The fourth-order valence-corrected chi connectivity index (χ4v) is 3.17. The van der Waals surface area contributed by atoms with E-state index in [1.807, 2.05) is 0 Å². The summed E-state index contributed by atoms with van der Waals surface area (Å²) < 4.78 is 5.31. The van der Waals surface area contributed by atoms with Crippen LogP contribution in [-0.4, -0.2) is 55.7 Å². The molecule has 2 atom stereocenters. The second kappa shape index (κ2) is 10.6. The first-order valence-electron chi connectivity index (χ1n) is 7.57. The van der Waals surface area contributed by atoms with Gasteiger partial charge in [0.05, 0.1) is 6.04 Å². The molecule has 0 aromatic heterocycles. The van der Waals surface area contributed by atoms with Gasteiger partial charge in [-0.05, 0) is 44.7 Å². The van der Waals surface area contributed by atoms with Gasteiger partial charge in [0, 0.05) is 25.8 Å². The summed E-state index contributed by atoms with van der Waals surface area (Å²) in [6, 6.07) is 0.121. The van der Waals surface area contributed by atoms with E-state index in [1.165, 1.54) is 12.8 Å². The summed E-state index contributed by atoms with van der Waals surface area (Å²) in [5.74, 6) is 0.287. The van der Waals surface area contributed by atoms with Crippen LogP contribution in [0.15, 0.2) is 0 Å². The van der Waals surface area contributed by atoms with Crippen molar-refractivity contribution in [3.63, 3.8) is 0 Å². The van der Waals surface area contributed by atoms with E-state index in [2.05, 4.69) is 17.1 Å². The summed E-state index contributed by atoms with van der Waals surface area (Å²) in [6.45, 7) is 6.60. The maximum Gasteiger partial charge on any atom is 0.237 e. The number of halogens is 2. The number of ether oxygens (including phenoxy) is 1. The molecule has 126 valence electrons.